The van der Waals surface area contributed by atoms with Crippen molar-refractivity contribution in [2.45, 2.75) is 38.1 Å². The number of methoxy groups -OCH3 is 1. The first-order valence-corrected chi connectivity index (χ1v) is 10.3. The molecule has 1 aromatic heterocycles. The Bertz CT molecular complexity index is 743. The van der Waals surface area contributed by atoms with Gasteiger partial charge in [-0.3, -0.25) is 9.59 Å². The van der Waals surface area contributed by atoms with Crippen molar-refractivity contribution in [2.24, 2.45) is 0 Å². The van der Waals surface area contributed by atoms with Crippen molar-refractivity contribution in [3.8, 4) is 5.75 Å². The quantitative estimate of drug-likeness (QED) is 0.816. The highest BCUT2D eigenvalue weighted by Gasteiger charge is 2.26. The molecule has 1 aliphatic rings. The fourth-order valence-electron chi connectivity index (χ4n) is 3.50. The second-order valence-electron chi connectivity index (χ2n) is 6.71. The van der Waals surface area contributed by atoms with Crippen LogP contribution in [0.3, 0.4) is 0 Å². The minimum Gasteiger partial charge on any atom is -0.497 e. The summed E-state index contributed by atoms with van der Waals surface area (Å²) in [5.74, 6) is 0.811. The van der Waals surface area contributed by atoms with Crippen LogP contribution in [0.5, 0.6) is 5.75 Å². The molecule has 0 spiro atoms. The zero-order valence-electron chi connectivity index (χ0n) is 15.6. The molecule has 2 aromatic rings. The second-order valence-corrected chi connectivity index (χ2v) is 7.66. The molecule has 2 amide bonds. The molecule has 1 saturated heterocycles. The van der Waals surface area contributed by atoms with Crippen LogP contribution < -0.4 is 10.1 Å². The lowest BCUT2D eigenvalue weighted by Crippen LogP contribution is -2.37. The third kappa shape index (κ3) is 5.10. The van der Waals surface area contributed by atoms with Gasteiger partial charge in [-0.2, -0.15) is 0 Å². The largest absolute Gasteiger partial charge is 0.497 e. The summed E-state index contributed by atoms with van der Waals surface area (Å²) in [4.78, 5) is 27.6. The van der Waals surface area contributed by atoms with Gasteiger partial charge >= 0.3 is 0 Å². The van der Waals surface area contributed by atoms with Gasteiger partial charge in [-0.15, -0.1) is 11.3 Å². The molecule has 1 N–H and O–H groups in total. The van der Waals surface area contributed by atoms with Crippen LogP contribution in [0.1, 0.15) is 53.4 Å². The van der Waals surface area contributed by atoms with Crippen LogP contribution in [0, 0.1) is 0 Å². The molecule has 27 heavy (non-hydrogen) atoms. The van der Waals surface area contributed by atoms with Crippen molar-refractivity contribution in [2.75, 3.05) is 20.2 Å². The van der Waals surface area contributed by atoms with Crippen molar-refractivity contribution < 1.29 is 14.3 Å². The van der Waals surface area contributed by atoms with Crippen molar-refractivity contribution in [3.63, 3.8) is 0 Å². The molecule has 0 aliphatic carbocycles. The summed E-state index contributed by atoms with van der Waals surface area (Å²) in [7, 11) is 1.65. The number of hydrogen-bond acceptors (Lipinski definition) is 4. The predicted molar refractivity (Wildman–Crippen MR) is 107 cm³/mol. The molecule has 5 nitrogen and oxygen atoms in total. The zero-order valence-corrected chi connectivity index (χ0v) is 16.5. The molecule has 0 radical (unpaired) electrons. The van der Waals surface area contributed by atoms with E-state index >= 15 is 0 Å². The van der Waals surface area contributed by atoms with E-state index < -0.39 is 0 Å². The topological polar surface area (TPSA) is 58.6 Å². The molecule has 6 heteroatoms. The molecule has 2 heterocycles. The van der Waals surface area contributed by atoms with Gasteiger partial charge in [0, 0.05) is 19.5 Å². The Morgan fingerprint density at radius 3 is 2.70 bits per heavy atom. The van der Waals surface area contributed by atoms with Gasteiger partial charge in [-0.25, -0.2) is 0 Å². The van der Waals surface area contributed by atoms with Crippen molar-refractivity contribution in [1.82, 2.24) is 10.2 Å². The van der Waals surface area contributed by atoms with E-state index in [0.717, 1.165) is 43.5 Å². The van der Waals surface area contributed by atoms with E-state index in [4.69, 9.17) is 4.74 Å². The van der Waals surface area contributed by atoms with Gasteiger partial charge in [-0.1, -0.05) is 31.0 Å². The third-order valence-corrected chi connectivity index (χ3v) is 5.81. The lowest BCUT2D eigenvalue weighted by atomic mass is 10.0. The Balaban J connectivity index is 1.61. The van der Waals surface area contributed by atoms with E-state index in [1.165, 1.54) is 11.3 Å². The van der Waals surface area contributed by atoms with Crippen LogP contribution in [0.15, 0.2) is 41.8 Å². The monoisotopic (exact) mass is 386 g/mol. The lowest BCUT2D eigenvalue weighted by Gasteiger charge is -2.31. The molecular formula is C21H26N2O3S. The van der Waals surface area contributed by atoms with Gasteiger partial charge < -0.3 is 15.0 Å². The summed E-state index contributed by atoms with van der Waals surface area (Å²) in [5, 5.41) is 4.72. The van der Waals surface area contributed by atoms with Gasteiger partial charge in [0.1, 0.15) is 5.75 Å². The summed E-state index contributed by atoms with van der Waals surface area (Å²) in [6.07, 6.45) is 4.59. The zero-order chi connectivity index (χ0) is 19.1. The Kier molecular flexibility index (Phi) is 6.87. The number of carbonyl (C=O) groups excluding carboxylic acids is 2. The van der Waals surface area contributed by atoms with Gasteiger partial charge in [0.2, 0.25) is 5.91 Å². The predicted octanol–water partition coefficient (Wildman–Crippen LogP) is 4.02. The smallest absolute Gasteiger partial charge is 0.261 e. The first-order chi connectivity index (χ1) is 13.2. The summed E-state index contributed by atoms with van der Waals surface area (Å²) < 4.78 is 5.24. The van der Waals surface area contributed by atoms with Gasteiger partial charge in [0.05, 0.1) is 18.0 Å². The number of thiophene rings is 1. The van der Waals surface area contributed by atoms with E-state index in [1.807, 2.05) is 40.6 Å². The highest BCUT2D eigenvalue weighted by Crippen LogP contribution is 2.31. The summed E-state index contributed by atoms with van der Waals surface area (Å²) in [6, 6.07) is 11.7. The summed E-state index contributed by atoms with van der Waals surface area (Å²) >= 11 is 1.40. The average molecular weight is 387 g/mol. The fraction of sp³-hybridized carbons (Fsp3) is 0.429. The highest BCUT2D eigenvalue weighted by atomic mass is 32.1. The van der Waals surface area contributed by atoms with Crippen LogP contribution in [-0.4, -0.2) is 36.9 Å². The number of ether oxygens (including phenoxy) is 1. The summed E-state index contributed by atoms with van der Waals surface area (Å²) in [5.41, 5.74) is 1.15. The molecule has 1 aromatic carbocycles. The standard InChI is InChI=1S/C21H26N2O3S/c1-26-17-10-8-16(9-11-17)18-6-3-2-4-14-23(18)20(24)12-13-22-21(25)19-7-5-15-27-19/h5,7-11,15,18H,2-4,6,12-14H2,1H3,(H,22,25)/t18-/m1/s1. The van der Waals surface area contributed by atoms with E-state index in [9.17, 15) is 9.59 Å². The van der Waals surface area contributed by atoms with E-state index in [1.54, 1.807) is 13.2 Å². The molecule has 0 unspecified atom stereocenters. The molecule has 0 saturated carbocycles. The van der Waals surface area contributed by atoms with E-state index in [-0.39, 0.29) is 17.9 Å². The Morgan fingerprint density at radius 1 is 1.19 bits per heavy atom. The van der Waals surface area contributed by atoms with Gasteiger partial charge in [0.15, 0.2) is 0 Å². The first-order valence-electron chi connectivity index (χ1n) is 9.44. The first kappa shape index (κ1) is 19.4. The Labute approximate surface area is 164 Å². The Hall–Kier alpha value is -2.34. The fourth-order valence-corrected chi connectivity index (χ4v) is 4.14. The maximum atomic E-state index is 12.9. The van der Waals surface area contributed by atoms with Gasteiger partial charge in [-0.05, 0) is 42.0 Å². The van der Waals surface area contributed by atoms with Crippen LogP contribution in [0.4, 0.5) is 0 Å². The molecule has 1 atom stereocenters. The number of likely N-dealkylation sites (tertiary alicyclic amines) is 1. The van der Waals surface area contributed by atoms with Gasteiger partial charge in [0.25, 0.3) is 5.91 Å². The third-order valence-electron chi connectivity index (χ3n) is 4.94. The molecule has 1 aliphatic heterocycles. The average Bonchev–Trinajstić information content (AvgIpc) is 3.12. The van der Waals surface area contributed by atoms with Crippen LogP contribution in [0.2, 0.25) is 0 Å². The molecule has 3 rings (SSSR count). The number of benzene rings is 1. The number of rotatable bonds is 6. The van der Waals surface area contributed by atoms with Crippen LogP contribution in [-0.2, 0) is 4.79 Å². The highest BCUT2D eigenvalue weighted by molar-refractivity contribution is 7.12. The number of carbonyl (C=O) groups is 2. The second kappa shape index (κ2) is 9.55. The van der Waals surface area contributed by atoms with Crippen molar-refractivity contribution in [1.29, 1.82) is 0 Å². The minimum absolute atomic E-state index is 0.0962. The molecule has 1 fully saturated rings. The maximum absolute atomic E-state index is 12.9. The molecular weight excluding hydrogens is 360 g/mol. The summed E-state index contributed by atoms with van der Waals surface area (Å²) in [6.45, 7) is 1.13. The van der Waals surface area contributed by atoms with E-state index in [2.05, 4.69) is 5.32 Å². The van der Waals surface area contributed by atoms with Crippen LogP contribution >= 0.6 is 11.3 Å². The number of amides is 2. The molecule has 0 bridgehead atoms. The number of nitrogens with zero attached hydrogens (tertiary/aromatic N) is 1. The molecule has 144 valence electrons. The minimum atomic E-state index is -0.111. The van der Waals surface area contributed by atoms with Crippen molar-refractivity contribution in [3.05, 3.63) is 52.2 Å². The normalized spacial score (nSPS) is 17.2. The maximum Gasteiger partial charge on any atom is 0.261 e. The van der Waals surface area contributed by atoms with Crippen molar-refractivity contribution >= 4 is 23.2 Å². The number of hydrogen-bond donors (Lipinski definition) is 1. The Morgan fingerprint density at radius 2 is 2.00 bits per heavy atom. The number of nitrogens with one attached hydrogen (secondary N) is 1. The van der Waals surface area contributed by atoms with Crippen LogP contribution in [0.25, 0.3) is 0 Å². The SMILES string of the molecule is COc1ccc([C@H]2CCCCCN2C(=O)CCNC(=O)c2cccs2)cc1. The van der Waals surface area contributed by atoms with E-state index in [0.29, 0.717) is 17.8 Å². The lowest BCUT2D eigenvalue weighted by molar-refractivity contribution is -0.133.